The van der Waals surface area contributed by atoms with Crippen molar-refractivity contribution < 1.29 is 14.6 Å². The van der Waals surface area contributed by atoms with Crippen molar-refractivity contribution in [1.29, 1.82) is 0 Å². The molecule has 4 nitrogen and oxygen atoms in total. The number of carboxylic acids is 1. The molecule has 18 heavy (non-hydrogen) atoms. The van der Waals surface area contributed by atoms with Crippen molar-refractivity contribution in [1.82, 2.24) is 4.57 Å². The lowest BCUT2D eigenvalue weighted by Gasteiger charge is -2.07. The fourth-order valence-electron chi connectivity index (χ4n) is 2.12. The van der Waals surface area contributed by atoms with E-state index in [2.05, 4.69) is 15.9 Å². The highest BCUT2D eigenvalue weighted by Crippen LogP contribution is 2.25. The first-order chi connectivity index (χ1) is 8.65. The summed E-state index contributed by atoms with van der Waals surface area (Å²) in [5.41, 5.74) is 3.36. The zero-order valence-corrected chi connectivity index (χ0v) is 11.0. The molecule has 5 heteroatoms. The number of carbonyl (C=O) groups is 1. The van der Waals surface area contributed by atoms with Gasteiger partial charge in [-0.3, -0.25) is 0 Å². The highest BCUT2D eigenvalue weighted by atomic mass is 79.9. The predicted octanol–water partition coefficient (Wildman–Crippen LogP) is 2.97. The first-order valence-corrected chi connectivity index (χ1v) is 6.25. The number of aromatic nitrogens is 1. The van der Waals surface area contributed by atoms with E-state index in [-0.39, 0.29) is 5.69 Å². The van der Waals surface area contributed by atoms with E-state index in [1.54, 1.807) is 16.8 Å². The van der Waals surface area contributed by atoms with Crippen LogP contribution in [0.1, 0.15) is 21.6 Å². The molecule has 92 valence electrons. The van der Waals surface area contributed by atoms with Gasteiger partial charge in [0, 0.05) is 16.4 Å². The normalized spacial score (nSPS) is 13.6. The maximum absolute atomic E-state index is 11.2. The monoisotopic (exact) mass is 307 g/mol. The summed E-state index contributed by atoms with van der Waals surface area (Å²) in [7, 11) is 0. The standard InChI is InChI=1S/C13H10BrNO3/c14-10-4-12(13(16)17)15(5-10)11-2-1-8-6-18-7-9(8)3-11/h1-5H,6-7H2,(H,16,17). The van der Waals surface area contributed by atoms with E-state index >= 15 is 0 Å². The van der Waals surface area contributed by atoms with Crippen molar-refractivity contribution in [2.45, 2.75) is 13.2 Å². The molecule has 0 fully saturated rings. The molecular weight excluding hydrogens is 298 g/mol. The van der Waals surface area contributed by atoms with E-state index in [9.17, 15) is 4.79 Å². The van der Waals surface area contributed by atoms with Gasteiger partial charge in [-0.05, 0) is 45.3 Å². The molecule has 1 aliphatic rings. The molecule has 1 N–H and O–H groups in total. The van der Waals surface area contributed by atoms with Crippen LogP contribution in [-0.2, 0) is 18.0 Å². The molecule has 0 radical (unpaired) electrons. The Labute approximate surface area is 112 Å². The number of benzene rings is 1. The number of rotatable bonds is 2. The van der Waals surface area contributed by atoms with Gasteiger partial charge in [-0.25, -0.2) is 4.79 Å². The van der Waals surface area contributed by atoms with Gasteiger partial charge in [0.05, 0.1) is 13.2 Å². The third-order valence-electron chi connectivity index (χ3n) is 2.99. The Hall–Kier alpha value is -1.59. The van der Waals surface area contributed by atoms with Crippen molar-refractivity contribution in [3.8, 4) is 5.69 Å². The van der Waals surface area contributed by atoms with Crippen molar-refractivity contribution in [3.63, 3.8) is 0 Å². The third-order valence-corrected chi connectivity index (χ3v) is 3.42. The molecule has 1 aromatic heterocycles. The average Bonchev–Trinajstić information content (AvgIpc) is 2.93. The van der Waals surface area contributed by atoms with Crippen molar-refractivity contribution in [2.24, 2.45) is 0 Å². The molecule has 0 bridgehead atoms. The minimum absolute atomic E-state index is 0.237. The van der Waals surface area contributed by atoms with Crippen LogP contribution in [0.4, 0.5) is 0 Å². The van der Waals surface area contributed by atoms with Gasteiger partial charge in [-0.15, -0.1) is 0 Å². The van der Waals surface area contributed by atoms with Crippen molar-refractivity contribution >= 4 is 21.9 Å². The molecule has 2 aromatic rings. The highest BCUT2D eigenvalue weighted by molar-refractivity contribution is 9.10. The Balaban J connectivity index is 2.12. The van der Waals surface area contributed by atoms with Gasteiger partial charge in [0.1, 0.15) is 5.69 Å². The van der Waals surface area contributed by atoms with Crippen LogP contribution in [-0.4, -0.2) is 15.6 Å². The molecule has 1 aromatic carbocycles. The Kier molecular flexibility index (Phi) is 2.72. The van der Waals surface area contributed by atoms with Crippen LogP contribution in [0.2, 0.25) is 0 Å². The van der Waals surface area contributed by atoms with E-state index in [4.69, 9.17) is 9.84 Å². The van der Waals surface area contributed by atoms with Crippen LogP contribution in [0.3, 0.4) is 0 Å². The minimum atomic E-state index is -0.947. The number of aromatic carboxylic acids is 1. The molecule has 0 saturated heterocycles. The lowest BCUT2D eigenvalue weighted by molar-refractivity contribution is 0.0688. The van der Waals surface area contributed by atoms with Gasteiger partial charge in [0.2, 0.25) is 0 Å². The molecule has 0 saturated carbocycles. The van der Waals surface area contributed by atoms with E-state index in [1.165, 1.54) is 5.56 Å². The second-order valence-corrected chi connectivity index (χ2v) is 5.08. The molecule has 0 spiro atoms. The SMILES string of the molecule is O=C(O)c1cc(Br)cn1-c1ccc2c(c1)COC2. The molecule has 0 atom stereocenters. The lowest BCUT2D eigenvalue weighted by atomic mass is 10.1. The summed E-state index contributed by atoms with van der Waals surface area (Å²) in [6.07, 6.45) is 1.75. The van der Waals surface area contributed by atoms with E-state index in [0.717, 1.165) is 15.7 Å². The summed E-state index contributed by atoms with van der Waals surface area (Å²) in [5.74, 6) is -0.947. The number of nitrogens with zero attached hydrogens (tertiary/aromatic N) is 1. The van der Waals surface area contributed by atoms with Crippen LogP contribution in [0, 0.1) is 0 Å². The molecule has 0 amide bonds. The highest BCUT2D eigenvalue weighted by Gasteiger charge is 2.16. The summed E-state index contributed by atoms with van der Waals surface area (Å²) in [4.78, 5) is 11.2. The van der Waals surface area contributed by atoms with Gasteiger partial charge in [-0.1, -0.05) is 6.07 Å². The Morgan fingerprint density at radius 1 is 1.28 bits per heavy atom. The summed E-state index contributed by atoms with van der Waals surface area (Å²) in [6.45, 7) is 1.23. The number of hydrogen-bond donors (Lipinski definition) is 1. The molecule has 1 aliphatic heterocycles. The summed E-state index contributed by atoms with van der Waals surface area (Å²) < 4.78 is 7.76. The first-order valence-electron chi connectivity index (χ1n) is 5.46. The number of carboxylic acid groups (broad SMARTS) is 1. The van der Waals surface area contributed by atoms with Crippen LogP contribution in [0.5, 0.6) is 0 Å². The fraction of sp³-hybridized carbons (Fsp3) is 0.154. The zero-order chi connectivity index (χ0) is 12.7. The lowest BCUT2D eigenvalue weighted by Crippen LogP contribution is -2.05. The number of ether oxygens (including phenoxy) is 1. The summed E-state index contributed by atoms with van der Waals surface area (Å²) in [6, 6.07) is 7.46. The van der Waals surface area contributed by atoms with E-state index in [1.807, 2.05) is 18.2 Å². The Morgan fingerprint density at radius 2 is 2.06 bits per heavy atom. The largest absolute Gasteiger partial charge is 0.477 e. The molecule has 3 rings (SSSR count). The van der Waals surface area contributed by atoms with Gasteiger partial charge >= 0.3 is 5.97 Å². The topological polar surface area (TPSA) is 51.5 Å². The number of hydrogen-bond acceptors (Lipinski definition) is 2. The average molecular weight is 308 g/mol. The van der Waals surface area contributed by atoms with Crippen LogP contribution < -0.4 is 0 Å². The maximum Gasteiger partial charge on any atom is 0.352 e. The van der Waals surface area contributed by atoms with Crippen molar-refractivity contribution in [2.75, 3.05) is 0 Å². The van der Waals surface area contributed by atoms with Gasteiger partial charge in [-0.2, -0.15) is 0 Å². The van der Waals surface area contributed by atoms with E-state index < -0.39 is 5.97 Å². The second kappa shape index (κ2) is 4.26. The first kappa shape index (κ1) is 11.5. The van der Waals surface area contributed by atoms with Crippen LogP contribution >= 0.6 is 15.9 Å². The van der Waals surface area contributed by atoms with Crippen LogP contribution in [0.15, 0.2) is 34.9 Å². The Morgan fingerprint density at radius 3 is 2.83 bits per heavy atom. The minimum Gasteiger partial charge on any atom is -0.477 e. The van der Waals surface area contributed by atoms with Crippen molar-refractivity contribution in [3.05, 3.63) is 51.8 Å². The molecule has 0 unspecified atom stereocenters. The maximum atomic E-state index is 11.2. The van der Waals surface area contributed by atoms with Gasteiger partial charge in [0.25, 0.3) is 0 Å². The van der Waals surface area contributed by atoms with E-state index in [0.29, 0.717) is 13.2 Å². The fourth-order valence-corrected chi connectivity index (χ4v) is 2.54. The molecular formula is C13H10BrNO3. The zero-order valence-electron chi connectivity index (χ0n) is 9.39. The third kappa shape index (κ3) is 1.85. The molecule has 2 heterocycles. The van der Waals surface area contributed by atoms with Crippen LogP contribution in [0.25, 0.3) is 5.69 Å². The number of fused-ring (bicyclic) bond motifs is 1. The summed E-state index contributed by atoms with van der Waals surface area (Å²) >= 11 is 3.30. The van der Waals surface area contributed by atoms with Gasteiger partial charge < -0.3 is 14.4 Å². The Bertz CT molecular complexity index is 633. The smallest absolute Gasteiger partial charge is 0.352 e. The predicted molar refractivity (Wildman–Crippen MR) is 68.9 cm³/mol. The molecule has 0 aliphatic carbocycles. The van der Waals surface area contributed by atoms with Gasteiger partial charge in [0.15, 0.2) is 0 Å². The quantitative estimate of drug-likeness (QED) is 0.928. The number of halogens is 1. The second-order valence-electron chi connectivity index (χ2n) is 4.16. The summed E-state index contributed by atoms with van der Waals surface area (Å²) in [5, 5.41) is 9.17.